The molecule has 2 rings (SSSR count). The lowest BCUT2D eigenvalue weighted by molar-refractivity contribution is 0.386. The van der Waals surface area contributed by atoms with Gasteiger partial charge in [-0.15, -0.1) is 0 Å². The van der Waals surface area contributed by atoms with Crippen LogP contribution >= 0.6 is 0 Å². The Balaban J connectivity index is 2.10. The third kappa shape index (κ3) is 3.63. The van der Waals surface area contributed by atoms with Gasteiger partial charge in [-0.25, -0.2) is 4.39 Å². The largest absolute Gasteiger partial charge is 0.507 e. The van der Waals surface area contributed by atoms with Gasteiger partial charge in [-0.2, -0.15) is 0 Å². The molecule has 3 heteroatoms. The van der Waals surface area contributed by atoms with E-state index in [1.165, 1.54) is 13.2 Å². The standard InChI is InChI=1S/C18H19FO2/c1-12-9-15(10-13(2)18(12)20)6-4-5-14-7-8-17(21-3)16(19)11-14/h4,6-11,20H,5H2,1-3H3. The fourth-order valence-electron chi connectivity index (χ4n) is 2.25. The molecule has 1 N–H and O–H groups in total. The molecule has 0 saturated carbocycles. The van der Waals surface area contributed by atoms with Crippen LogP contribution in [-0.4, -0.2) is 12.2 Å². The number of aryl methyl sites for hydroxylation is 2. The van der Waals surface area contributed by atoms with Gasteiger partial charge in [0.1, 0.15) is 5.75 Å². The molecule has 0 saturated heterocycles. The van der Waals surface area contributed by atoms with Gasteiger partial charge in [-0.3, -0.25) is 0 Å². The van der Waals surface area contributed by atoms with Crippen LogP contribution in [0.5, 0.6) is 11.5 Å². The number of rotatable bonds is 4. The van der Waals surface area contributed by atoms with Crippen molar-refractivity contribution in [3.8, 4) is 11.5 Å². The molecule has 2 nitrogen and oxygen atoms in total. The molecule has 2 aromatic carbocycles. The maximum absolute atomic E-state index is 13.6. The highest BCUT2D eigenvalue weighted by molar-refractivity contribution is 5.56. The van der Waals surface area contributed by atoms with E-state index in [0.717, 1.165) is 22.3 Å². The minimum atomic E-state index is -0.347. The number of phenolic OH excluding ortho intramolecular Hbond substituents is 1. The maximum atomic E-state index is 13.6. The number of allylic oxidation sites excluding steroid dienone is 1. The van der Waals surface area contributed by atoms with Crippen molar-refractivity contribution in [2.24, 2.45) is 0 Å². The van der Waals surface area contributed by atoms with Crippen molar-refractivity contribution in [1.82, 2.24) is 0 Å². The summed E-state index contributed by atoms with van der Waals surface area (Å²) in [6.07, 6.45) is 4.59. The van der Waals surface area contributed by atoms with E-state index in [9.17, 15) is 9.50 Å². The molecule has 0 aliphatic carbocycles. The van der Waals surface area contributed by atoms with Crippen LogP contribution in [-0.2, 0) is 6.42 Å². The first kappa shape index (κ1) is 15.1. The molecule has 0 radical (unpaired) electrons. The quantitative estimate of drug-likeness (QED) is 0.902. The van der Waals surface area contributed by atoms with E-state index in [-0.39, 0.29) is 11.6 Å². The van der Waals surface area contributed by atoms with Gasteiger partial charge in [-0.05, 0) is 66.8 Å². The summed E-state index contributed by atoms with van der Waals surface area (Å²) in [4.78, 5) is 0. The molecule has 0 atom stereocenters. The number of ether oxygens (including phenoxy) is 1. The zero-order valence-corrected chi connectivity index (χ0v) is 12.5. The monoisotopic (exact) mass is 286 g/mol. The average molecular weight is 286 g/mol. The summed E-state index contributed by atoms with van der Waals surface area (Å²) >= 11 is 0. The Labute approximate surface area is 124 Å². The van der Waals surface area contributed by atoms with Gasteiger partial charge in [-0.1, -0.05) is 18.2 Å². The molecule has 0 bridgehead atoms. The van der Waals surface area contributed by atoms with Crippen LogP contribution in [0.15, 0.2) is 36.4 Å². The topological polar surface area (TPSA) is 29.5 Å². The summed E-state index contributed by atoms with van der Waals surface area (Å²) in [5, 5.41) is 9.74. The number of hydrogen-bond acceptors (Lipinski definition) is 2. The summed E-state index contributed by atoms with van der Waals surface area (Å²) in [6.45, 7) is 3.75. The van der Waals surface area contributed by atoms with Crippen molar-refractivity contribution < 1.29 is 14.2 Å². The summed E-state index contributed by atoms with van der Waals surface area (Å²) in [5.41, 5.74) is 3.61. The molecule has 0 aliphatic rings. The third-order valence-corrected chi connectivity index (χ3v) is 3.39. The minimum Gasteiger partial charge on any atom is -0.507 e. The van der Waals surface area contributed by atoms with Crippen molar-refractivity contribution >= 4 is 6.08 Å². The van der Waals surface area contributed by atoms with E-state index in [4.69, 9.17) is 4.74 Å². The lowest BCUT2D eigenvalue weighted by Gasteiger charge is -2.05. The summed E-state index contributed by atoms with van der Waals surface area (Å²) in [6, 6.07) is 8.81. The number of methoxy groups -OCH3 is 1. The summed E-state index contributed by atoms with van der Waals surface area (Å²) < 4.78 is 18.5. The highest BCUT2D eigenvalue weighted by Crippen LogP contribution is 2.24. The SMILES string of the molecule is COc1ccc(CC=Cc2cc(C)c(O)c(C)c2)cc1F. The number of halogens is 1. The maximum Gasteiger partial charge on any atom is 0.165 e. The second-order valence-corrected chi connectivity index (χ2v) is 5.08. The normalized spacial score (nSPS) is 11.0. The van der Waals surface area contributed by atoms with Crippen molar-refractivity contribution in [2.45, 2.75) is 20.3 Å². The fraction of sp³-hybridized carbons (Fsp3) is 0.222. The molecule has 110 valence electrons. The predicted molar refractivity (Wildman–Crippen MR) is 83.3 cm³/mol. The second kappa shape index (κ2) is 6.44. The zero-order valence-electron chi connectivity index (χ0n) is 12.5. The van der Waals surface area contributed by atoms with Crippen molar-refractivity contribution in [3.63, 3.8) is 0 Å². The van der Waals surface area contributed by atoms with E-state index >= 15 is 0 Å². The Kier molecular flexibility index (Phi) is 4.63. The van der Waals surface area contributed by atoms with Crippen LogP contribution in [0, 0.1) is 19.7 Å². The van der Waals surface area contributed by atoms with E-state index in [0.29, 0.717) is 12.2 Å². The minimum absolute atomic E-state index is 0.257. The van der Waals surface area contributed by atoms with Gasteiger partial charge >= 0.3 is 0 Å². The van der Waals surface area contributed by atoms with E-state index in [1.807, 2.05) is 44.2 Å². The Bertz CT molecular complexity index is 652. The van der Waals surface area contributed by atoms with E-state index in [2.05, 4.69) is 0 Å². The number of benzene rings is 2. The Morgan fingerprint density at radius 2 is 1.81 bits per heavy atom. The van der Waals surface area contributed by atoms with Crippen LogP contribution in [0.3, 0.4) is 0 Å². The molecule has 0 fully saturated rings. The molecule has 0 aromatic heterocycles. The third-order valence-electron chi connectivity index (χ3n) is 3.39. The first-order chi connectivity index (χ1) is 10.0. The summed E-state index contributed by atoms with van der Waals surface area (Å²) in [5.74, 6) is 0.247. The van der Waals surface area contributed by atoms with Gasteiger partial charge in [0, 0.05) is 0 Å². The van der Waals surface area contributed by atoms with Crippen LogP contribution in [0.25, 0.3) is 6.08 Å². The molecule has 0 aliphatic heterocycles. The molecule has 0 heterocycles. The van der Waals surface area contributed by atoms with Gasteiger partial charge in [0.2, 0.25) is 0 Å². The van der Waals surface area contributed by atoms with E-state index < -0.39 is 0 Å². The number of aromatic hydroxyl groups is 1. The molecule has 2 aromatic rings. The van der Waals surface area contributed by atoms with Gasteiger partial charge in [0.25, 0.3) is 0 Å². The second-order valence-electron chi connectivity index (χ2n) is 5.08. The highest BCUT2D eigenvalue weighted by Gasteiger charge is 2.03. The fourth-order valence-corrected chi connectivity index (χ4v) is 2.25. The smallest absolute Gasteiger partial charge is 0.165 e. The molecular formula is C18H19FO2. The van der Waals surface area contributed by atoms with E-state index in [1.54, 1.807) is 6.07 Å². The van der Waals surface area contributed by atoms with Crippen LogP contribution in [0.4, 0.5) is 4.39 Å². The lowest BCUT2D eigenvalue weighted by Crippen LogP contribution is -1.90. The Hall–Kier alpha value is -2.29. The van der Waals surface area contributed by atoms with Gasteiger partial charge in [0.15, 0.2) is 11.6 Å². The molecule has 0 spiro atoms. The van der Waals surface area contributed by atoms with Crippen LogP contribution < -0.4 is 4.74 Å². The Morgan fingerprint density at radius 3 is 2.38 bits per heavy atom. The van der Waals surface area contributed by atoms with Gasteiger partial charge in [0.05, 0.1) is 7.11 Å². The van der Waals surface area contributed by atoms with Gasteiger partial charge < -0.3 is 9.84 Å². The average Bonchev–Trinajstić information content (AvgIpc) is 2.45. The zero-order chi connectivity index (χ0) is 15.4. The van der Waals surface area contributed by atoms with Crippen molar-refractivity contribution in [3.05, 3.63) is 64.5 Å². The molecular weight excluding hydrogens is 267 g/mol. The Morgan fingerprint density at radius 1 is 1.14 bits per heavy atom. The van der Waals surface area contributed by atoms with Crippen molar-refractivity contribution in [2.75, 3.05) is 7.11 Å². The first-order valence-electron chi connectivity index (χ1n) is 6.80. The summed E-state index contributed by atoms with van der Waals surface area (Å²) in [7, 11) is 1.45. The molecule has 0 unspecified atom stereocenters. The predicted octanol–water partition coefficient (Wildman–Crippen LogP) is 4.41. The van der Waals surface area contributed by atoms with Crippen LogP contribution in [0.2, 0.25) is 0 Å². The van der Waals surface area contributed by atoms with Crippen LogP contribution in [0.1, 0.15) is 22.3 Å². The van der Waals surface area contributed by atoms with Crippen molar-refractivity contribution in [1.29, 1.82) is 0 Å². The lowest BCUT2D eigenvalue weighted by atomic mass is 10.0. The number of phenols is 1. The molecule has 21 heavy (non-hydrogen) atoms. The highest BCUT2D eigenvalue weighted by atomic mass is 19.1. The first-order valence-corrected chi connectivity index (χ1v) is 6.80. The molecule has 0 amide bonds. The number of hydrogen-bond donors (Lipinski definition) is 1.